The third-order valence-electron chi connectivity index (χ3n) is 2.35. The smallest absolute Gasteiger partial charge is 0.251 e. The maximum Gasteiger partial charge on any atom is 0.251 e. The lowest BCUT2D eigenvalue weighted by Gasteiger charge is -2.06. The van der Waals surface area contributed by atoms with E-state index in [9.17, 15) is 9.59 Å². The Labute approximate surface area is 126 Å². The SMILES string of the molecule is COCCNC(=O)CCNC(=O)c1cccc(I)c1. The maximum absolute atomic E-state index is 11.8. The third kappa shape index (κ3) is 6.53. The molecule has 1 rings (SSSR count). The predicted molar refractivity (Wildman–Crippen MR) is 81.0 cm³/mol. The summed E-state index contributed by atoms with van der Waals surface area (Å²) < 4.78 is 5.82. The van der Waals surface area contributed by atoms with Gasteiger partial charge in [-0.05, 0) is 40.8 Å². The molecular weight excluding hydrogens is 359 g/mol. The second kappa shape index (κ2) is 8.87. The summed E-state index contributed by atoms with van der Waals surface area (Å²) in [7, 11) is 1.58. The highest BCUT2D eigenvalue weighted by atomic mass is 127. The molecule has 104 valence electrons. The number of nitrogens with one attached hydrogen (secondary N) is 2. The minimum atomic E-state index is -0.164. The third-order valence-corrected chi connectivity index (χ3v) is 3.02. The molecule has 0 fully saturated rings. The van der Waals surface area contributed by atoms with Crippen molar-refractivity contribution in [1.82, 2.24) is 10.6 Å². The highest BCUT2D eigenvalue weighted by Gasteiger charge is 2.06. The van der Waals surface area contributed by atoms with E-state index in [1.807, 2.05) is 12.1 Å². The van der Waals surface area contributed by atoms with Gasteiger partial charge >= 0.3 is 0 Å². The van der Waals surface area contributed by atoms with Crippen LogP contribution in [0.15, 0.2) is 24.3 Å². The second-order valence-electron chi connectivity index (χ2n) is 3.86. The molecule has 1 aromatic rings. The molecule has 0 spiro atoms. The average Bonchev–Trinajstić information content (AvgIpc) is 2.39. The quantitative estimate of drug-likeness (QED) is 0.555. The minimum Gasteiger partial charge on any atom is -0.383 e. The summed E-state index contributed by atoms with van der Waals surface area (Å²) in [6.45, 7) is 1.30. The molecule has 19 heavy (non-hydrogen) atoms. The van der Waals surface area contributed by atoms with Crippen molar-refractivity contribution in [3.05, 3.63) is 33.4 Å². The van der Waals surface area contributed by atoms with Gasteiger partial charge in [-0.25, -0.2) is 0 Å². The Morgan fingerprint density at radius 1 is 1.26 bits per heavy atom. The van der Waals surface area contributed by atoms with Gasteiger partial charge in [0.2, 0.25) is 5.91 Å². The molecule has 0 aliphatic rings. The molecule has 1 aromatic carbocycles. The topological polar surface area (TPSA) is 67.4 Å². The number of hydrogen-bond donors (Lipinski definition) is 2. The van der Waals surface area contributed by atoms with Gasteiger partial charge in [-0.2, -0.15) is 0 Å². The fourth-order valence-corrected chi connectivity index (χ4v) is 1.95. The summed E-state index contributed by atoms with van der Waals surface area (Å²) in [4.78, 5) is 23.1. The van der Waals surface area contributed by atoms with Gasteiger partial charge in [0, 0.05) is 35.8 Å². The van der Waals surface area contributed by atoms with Gasteiger partial charge in [-0.15, -0.1) is 0 Å². The Balaban J connectivity index is 2.25. The molecule has 0 bridgehead atoms. The fourth-order valence-electron chi connectivity index (χ4n) is 1.40. The number of carbonyl (C=O) groups excluding carboxylic acids is 2. The van der Waals surface area contributed by atoms with Crippen molar-refractivity contribution in [3.63, 3.8) is 0 Å². The molecule has 0 aliphatic heterocycles. The van der Waals surface area contributed by atoms with Crippen molar-refractivity contribution in [2.24, 2.45) is 0 Å². The van der Waals surface area contributed by atoms with Crippen LogP contribution in [-0.2, 0) is 9.53 Å². The fraction of sp³-hybridized carbons (Fsp3) is 0.385. The number of benzene rings is 1. The first-order valence-corrected chi connectivity index (χ1v) is 7.00. The second-order valence-corrected chi connectivity index (χ2v) is 5.10. The van der Waals surface area contributed by atoms with E-state index in [4.69, 9.17) is 4.74 Å². The minimum absolute atomic E-state index is 0.0972. The zero-order valence-electron chi connectivity index (χ0n) is 10.7. The zero-order chi connectivity index (χ0) is 14.1. The highest BCUT2D eigenvalue weighted by molar-refractivity contribution is 14.1. The van der Waals surface area contributed by atoms with Crippen LogP contribution in [0.4, 0.5) is 0 Å². The van der Waals surface area contributed by atoms with Crippen LogP contribution in [0, 0.1) is 3.57 Å². The van der Waals surface area contributed by atoms with Crippen molar-refractivity contribution < 1.29 is 14.3 Å². The van der Waals surface area contributed by atoms with Gasteiger partial charge in [-0.1, -0.05) is 6.07 Å². The average molecular weight is 376 g/mol. The molecule has 0 aromatic heterocycles. The summed E-state index contributed by atoms with van der Waals surface area (Å²) >= 11 is 2.15. The van der Waals surface area contributed by atoms with Gasteiger partial charge < -0.3 is 15.4 Å². The molecule has 0 atom stereocenters. The standard InChI is InChI=1S/C13H17IN2O3/c1-19-8-7-15-12(17)5-6-16-13(18)10-3-2-4-11(14)9-10/h2-4,9H,5-8H2,1H3,(H,15,17)(H,16,18). The number of rotatable bonds is 7. The van der Waals surface area contributed by atoms with Crippen molar-refractivity contribution in [1.29, 1.82) is 0 Å². The summed E-state index contributed by atoms with van der Waals surface area (Å²) in [5.74, 6) is -0.261. The summed E-state index contributed by atoms with van der Waals surface area (Å²) in [5, 5.41) is 5.40. The maximum atomic E-state index is 11.8. The Kier molecular flexibility index (Phi) is 7.42. The lowest BCUT2D eigenvalue weighted by atomic mass is 10.2. The summed E-state index contributed by atoms with van der Waals surface area (Å²) in [6, 6.07) is 7.29. The largest absolute Gasteiger partial charge is 0.383 e. The van der Waals surface area contributed by atoms with Crippen LogP contribution in [0.2, 0.25) is 0 Å². The van der Waals surface area contributed by atoms with Crippen molar-refractivity contribution in [2.75, 3.05) is 26.8 Å². The van der Waals surface area contributed by atoms with E-state index >= 15 is 0 Å². The Hall–Kier alpha value is -1.15. The molecule has 5 nitrogen and oxygen atoms in total. The van der Waals surface area contributed by atoms with Gasteiger partial charge in [0.1, 0.15) is 0 Å². The Morgan fingerprint density at radius 2 is 2.05 bits per heavy atom. The van der Waals surface area contributed by atoms with Crippen LogP contribution in [0.25, 0.3) is 0 Å². The Bertz CT molecular complexity index is 438. The van der Waals surface area contributed by atoms with E-state index in [0.29, 0.717) is 25.3 Å². The first-order valence-electron chi connectivity index (χ1n) is 5.93. The first kappa shape index (κ1) is 15.9. The van der Waals surface area contributed by atoms with Gasteiger partial charge in [-0.3, -0.25) is 9.59 Å². The molecule has 0 saturated heterocycles. The van der Waals surface area contributed by atoms with Crippen molar-refractivity contribution in [2.45, 2.75) is 6.42 Å². The normalized spacial score (nSPS) is 10.0. The zero-order valence-corrected chi connectivity index (χ0v) is 12.9. The number of hydrogen-bond acceptors (Lipinski definition) is 3. The number of halogens is 1. The number of carbonyl (C=O) groups is 2. The van der Waals surface area contributed by atoms with E-state index in [-0.39, 0.29) is 18.2 Å². The van der Waals surface area contributed by atoms with Crippen LogP contribution in [0.1, 0.15) is 16.8 Å². The molecule has 0 radical (unpaired) electrons. The van der Waals surface area contributed by atoms with Crippen LogP contribution in [0.5, 0.6) is 0 Å². The van der Waals surface area contributed by atoms with E-state index in [0.717, 1.165) is 3.57 Å². The molecule has 6 heteroatoms. The van der Waals surface area contributed by atoms with E-state index in [1.54, 1.807) is 19.2 Å². The lowest BCUT2D eigenvalue weighted by Crippen LogP contribution is -2.32. The molecule has 2 amide bonds. The highest BCUT2D eigenvalue weighted by Crippen LogP contribution is 2.07. The number of methoxy groups -OCH3 is 1. The monoisotopic (exact) mass is 376 g/mol. The number of amides is 2. The molecular formula is C13H17IN2O3. The van der Waals surface area contributed by atoms with Gasteiger partial charge in [0.25, 0.3) is 5.91 Å². The van der Waals surface area contributed by atoms with E-state index < -0.39 is 0 Å². The predicted octanol–water partition coefficient (Wildman–Crippen LogP) is 1.17. The van der Waals surface area contributed by atoms with Crippen LogP contribution in [0.3, 0.4) is 0 Å². The van der Waals surface area contributed by atoms with Crippen molar-refractivity contribution >= 4 is 34.4 Å². The van der Waals surface area contributed by atoms with Crippen LogP contribution >= 0.6 is 22.6 Å². The summed E-state index contributed by atoms with van der Waals surface area (Å²) in [6.07, 6.45) is 0.263. The molecule has 2 N–H and O–H groups in total. The first-order chi connectivity index (χ1) is 9.13. The van der Waals surface area contributed by atoms with Gasteiger partial charge in [0.05, 0.1) is 6.61 Å². The summed E-state index contributed by atoms with van der Waals surface area (Å²) in [5.41, 5.74) is 0.603. The van der Waals surface area contributed by atoms with Crippen LogP contribution < -0.4 is 10.6 Å². The van der Waals surface area contributed by atoms with Crippen LogP contribution in [-0.4, -0.2) is 38.6 Å². The molecule has 0 saturated carbocycles. The number of ether oxygens (including phenoxy) is 1. The van der Waals surface area contributed by atoms with E-state index in [2.05, 4.69) is 33.2 Å². The Morgan fingerprint density at radius 3 is 2.74 bits per heavy atom. The lowest BCUT2D eigenvalue weighted by molar-refractivity contribution is -0.121. The molecule has 0 unspecified atom stereocenters. The van der Waals surface area contributed by atoms with Gasteiger partial charge in [0.15, 0.2) is 0 Å². The molecule has 0 aliphatic carbocycles. The molecule has 0 heterocycles. The van der Waals surface area contributed by atoms with E-state index in [1.165, 1.54) is 0 Å². The van der Waals surface area contributed by atoms with Crippen molar-refractivity contribution in [3.8, 4) is 0 Å².